The number of hydrogen-bond donors (Lipinski definition) is 2. The number of piperazine rings is 1. The Morgan fingerprint density at radius 3 is 2.91 bits per heavy atom. The summed E-state index contributed by atoms with van der Waals surface area (Å²) >= 11 is 0. The zero-order valence-electron chi connectivity index (χ0n) is 6.20. The van der Waals surface area contributed by atoms with Crippen LogP contribution >= 0.6 is 0 Å². The molecule has 0 saturated carbocycles. The molecule has 1 aliphatic heterocycles. The van der Waals surface area contributed by atoms with Gasteiger partial charge in [-0.1, -0.05) is 0 Å². The van der Waals surface area contributed by atoms with Gasteiger partial charge in [0, 0.05) is 13.6 Å². The third-order valence-corrected chi connectivity index (χ3v) is 1.76. The fraction of sp³-hybridized carbons (Fsp3) is 0.667. The summed E-state index contributed by atoms with van der Waals surface area (Å²) in [7, 11) is 1.50. The Morgan fingerprint density at radius 2 is 2.45 bits per heavy atom. The van der Waals surface area contributed by atoms with Gasteiger partial charge in [0.15, 0.2) is 0 Å². The zero-order chi connectivity index (χ0) is 8.43. The van der Waals surface area contributed by atoms with Gasteiger partial charge in [-0.15, -0.1) is 0 Å². The van der Waals surface area contributed by atoms with Crippen LogP contribution in [-0.2, 0) is 9.59 Å². The van der Waals surface area contributed by atoms with E-state index in [1.807, 2.05) is 0 Å². The number of carboxylic acids is 1. The summed E-state index contributed by atoms with van der Waals surface area (Å²) in [6.45, 7) is 0.567. The Hall–Kier alpha value is -1.10. The Morgan fingerprint density at radius 1 is 1.82 bits per heavy atom. The Kier molecular flexibility index (Phi) is 2.09. The minimum Gasteiger partial charge on any atom is -0.480 e. The van der Waals surface area contributed by atoms with Crippen LogP contribution in [0.1, 0.15) is 0 Å². The van der Waals surface area contributed by atoms with Crippen molar-refractivity contribution in [2.45, 2.75) is 6.04 Å². The van der Waals surface area contributed by atoms with E-state index in [-0.39, 0.29) is 12.5 Å². The minimum absolute atomic E-state index is 0.177. The lowest BCUT2D eigenvalue weighted by Gasteiger charge is -2.29. The van der Waals surface area contributed by atoms with Gasteiger partial charge >= 0.3 is 5.97 Å². The molecule has 1 unspecified atom stereocenters. The Balaban J connectivity index is 2.65. The molecule has 1 atom stereocenters. The molecule has 1 fully saturated rings. The molecule has 1 rings (SSSR count). The van der Waals surface area contributed by atoms with Crippen molar-refractivity contribution in [2.24, 2.45) is 0 Å². The van der Waals surface area contributed by atoms with Crippen LogP contribution in [0.2, 0.25) is 0 Å². The quantitative estimate of drug-likeness (QED) is 0.487. The van der Waals surface area contributed by atoms with Crippen molar-refractivity contribution in [1.29, 1.82) is 0 Å². The summed E-state index contributed by atoms with van der Waals surface area (Å²) in [6, 6.07) is -0.712. The molecular formula is C6H10N2O3. The first-order chi connectivity index (χ1) is 5.13. The molecule has 0 aromatic rings. The van der Waals surface area contributed by atoms with E-state index < -0.39 is 12.0 Å². The summed E-state index contributed by atoms with van der Waals surface area (Å²) in [5.41, 5.74) is 0. The van der Waals surface area contributed by atoms with Gasteiger partial charge in [0.2, 0.25) is 5.91 Å². The van der Waals surface area contributed by atoms with Gasteiger partial charge in [-0.05, 0) is 0 Å². The highest BCUT2D eigenvalue weighted by molar-refractivity contribution is 5.86. The van der Waals surface area contributed by atoms with Gasteiger partial charge in [0.25, 0.3) is 0 Å². The van der Waals surface area contributed by atoms with Gasteiger partial charge < -0.3 is 15.3 Å². The third-order valence-electron chi connectivity index (χ3n) is 1.76. The average molecular weight is 158 g/mol. The van der Waals surface area contributed by atoms with Crippen LogP contribution in [0.15, 0.2) is 0 Å². The van der Waals surface area contributed by atoms with E-state index in [9.17, 15) is 9.59 Å². The number of aliphatic carboxylic acids is 1. The zero-order valence-corrected chi connectivity index (χ0v) is 6.20. The van der Waals surface area contributed by atoms with Crippen molar-refractivity contribution in [3.05, 3.63) is 0 Å². The van der Waals surface area contributed by atoms with Crippen LogP contribution in [-0.4, -0.2) is 48.1 Å². The highest BCUT2D eigenvalue weighted by Crippen LogP contribution is 2.00. The maximum atomic E-state index is 10.9. The molecule has 62 valence electrons. The number of carbonyl (C=O) groups excluding carboxylic acids is 1. The largest absolute Gasteiger partial charge is 0.480 e. The van der Waals surface area contributed by atoms with Gasteiger partial charge in [0.05, 0.1) is 6.54 Å². The number of carbonyl (C=O) groups is 2. The Labute approximate surface area is 64.0 Å². The molecule has 0 aromatic carbocycles. The van der Waals surface area contributed by atoms with Gasteiger partial charge in [-0.25, -0.2) is 4.79 Å². The van der Waals surface area contributed by atoms with Gasteiger partial charge in [-0.3, -0.25) is 4.79 Å². The fourth-order valence-corrected chi connectivity index (χ4v) is 1.00. The molecule has 0 aliphatic carbocycles. The molecule has 0 radical (unpaired) electrons. The average Bonchev–Trinajstić information content (AvgIpc) is 1.94. The first-order valence-corrected chi connectivity index (χ1v) is 3.32. The summed E-state index contributed by atoms with van der Waals surface area (Å²) in [4.78, 5) is 22.6. The smallest absolute Gasteiger partial charge is 0.327 e. The van der Waals surface area contributed by atoms with Gasteiger partial charge in [0.1, 0.15) is 6.04 Å². The second kappa shape index (κ2) is 2.87. The van der Waals surface area contributed by atoms with Crippen LogP contribution in [0.5, 0.6) is 0 Å². The maximum absolute atomic E-state index is 10.9. The van der Waals surface area contributed by atoms with Crippen molar-refractivity contribution >= 4 is 11.9 Å². The van der Waals surface area contributed by atoms with E-state index in [1.165, 1.54) is 11.9 Å². The number of likely N-dealkylation sites (N-methyl/N-ethyl adjacent to an activating group) is 1. The molecule has 11 heavy (non-hydrogen) atoms. The van der Waals surface area contributed by atoms with Crippen molar-refractivity contribution in [1.82, 2.24) is 10.2 Å². The van der Waals surface area contributed by atoms with Crippen LogP contribution in [0.25, 0.3) is 0 Å². The summed E-state index contributed by atoms with van der Waals surface area (Å²) < 4.78 is 0. The van der Waals surface area contributed by atoms with Crippen molar-refractivity contribution in [3.8, 4) is 0 Å². The SMILES string of the molecule is CN1C(=O)CNCC1C(=O)O. The first kappa shape index (κ1) is 8.00. The number of carboxylic acid groups (broad SMARTS) is 1. The molecule has 5 heteroatoms. The molecule has 5 nitrogen and oxygen atoms in total. The van der Waals surface area contributed by atoms with E-state index in [2.05, 4.69) is 5.32 Å². The second-order valence-corrected chi connectivity index (χ2v) is 2.49. The third kappa shape index (κ3) is 1.48. The number of hydrogen-bond acceptors (Lipinski definition) is 3. The molecular weight excluding hydrogens is 148 g/mol. The summed E-state index contributed by atoms with van der Waals surface area (Å²) in [5.74, 6) is -1.14. The number of nitrogens with zero attached hydrogens (tertiary/aromatic N) is 1. The summed E-state index contributed by atoms with van der Waals surface area (Å²) in [6.07, 6.45) is 0. The van der Waals surface area contributed by atoms with E-state index in [0.717, 1.165) is 0 Å². The maximum Gasteiger partial charge on any atom is 0.327 e. The number of rotatable bonds is 1. The fourth-order valence-electron chi connectivity index (χ4n) is 1.00. The molecule has 0 spiro atoms. The van der Waals surface area contributed by atoms with Crippen LogP contribution in [0.4, 0.5) is 0 Å². The number of nitrogens with one attached hydrogen (secondary N) is 1. The molecule has 1 aliphatic rings. The topological polar surface area (TPSA) is 69.6 Å². The van der Waals surface area contributed by atoms with E-state index in [0.29, 0.717) is 6.54 Å². The molecule has 2 N–H and O–H groups in total. The van der Waals surface area contributed by atoms with Crippen molar-refractivity contribution in [3.63, 3.8) is 0 Å². The molecule has 0 aromatic heterocycles. The van der Waals surface area contributed by atoms with Crippen LogP contribution < -0.4 is 5.32 Å². The standard InChI is InChI=1S/C6H10N2O3/c1-8-4(6(10)11)2-7-3-5(8)9/h4,7H,2-3H2,1H3,(H,10,11). The predicted molar refractivity (Wildman–Crippen MR) is 37.1 cm³/mol. The van der Waals surface area contributed by atoms with Gasteiger partial charge in [-0.2, -0.15) is 0 Å². The lowest BCUT2D eigenvalue weighted by molar-refractivity contribution is -0.150. The normalized spacial score (nSPS) is 25.4. The summed E-state index contributed by atoms with van der Waals surface area (Å²) in [5, 5.41) is 11.3. The van der Waals surface area contributed by atoms with Crippen LogP contribution in [0.3, 0.4) is 0 Å². The Bertz CT molecular complexity index is 192. The molecule has 1 heterocycles. The second-order valence-electron chi connectivity index (χ2n) is 2.49. The lowest BCUT2D eigenvalue weighted by Crippen LogP contribution is -2.56. The number of amides is 1. The highest BCUT2D eigenvalue weighted by atomic mass is 16.4. The minimum atomic E-state index is -0.965. The van der Waals surface area contributed by atoms with Crippen molar-refractivity contribution in [2.75, 3.05) is 20.1 Å². The van der Waals surface area contributed by atoms with E-state index in [4.69, 9.17) is 5.11 Å². The molecule has 1 amide bonds. The lowest BCUT2D eigenvalue weighted by atomic mass is 10.2. The highest BCUT2D eigenvalue weighted by Gasteiger charge is 2.29. The predicted octanol–water partition coefficient (Wildman–Crippen LogP) is -1.50. The first-order valence-electron chi connectivity index (χ1n) is 3.32. The van der Waals surface area contributed by atoms with Crippen LogP contribution in [0, 0.1) is 0 Å². The van der Waals surface area contributed by atoms with Crippen molar-refractivity contribution < 1.29 is 14.7 Å². The van der Waals surface area contributed by atoms with E-state index >= 15 is 0 Å². The molecule has 1 saturated heterocycles. The monoisotopic (exact) mass is 158 g/mol. The van der Waals surface area contributed by atoms with E-state index in [1.54, 1.807) is 0 Å². The molecule has 0 bridgehead atoms.